The van der Waals surface area contributed by atoms with Crippen molar-refractivity contribution in [2.24, 2.45) is 0 Å². The molecule has 0 saturated heterocycles. The molecule has 3 rings (SSSR count). The number of rotatable bonds is 12. The average Bonchev–Trinajstić information content (AvgIpc) is 3.48. The monoisotopic (exact) mass is 3900 g/mol. The number of nitrogens with zero attached hydrogens (tertiary/aromatic N) is 2. The van der Waals surface area contributed by atoms with E-state index in [9.17, 15) is 4.39 Å². The molecule has 0 aliphatic carbocycles. The van der Waals surface area contributed by atoms with Gasteiger partial charge < -0.3 is 19.7 Å². The molecule has 52 heavy (non-hydrogen) atoms. The Hall–Kier alpha value is 17.4. The molecule has 36 heteroatoms. The van der Waals surface area contributed by atoms with Crippen molar-refractivity contribution in [3.05, 3.63) is 44.6 Å². The maximum atomic E-state index is 13.0. The standard InChI is InChI=1S/C8H5BrFNO.C8H7BrN2O2.I22.I5/c1-12-8-3-5(9)2-7(10)6(8)4-11;1-12-5-2-4(9)3-6-7(5)8(10)11-13-6;1-13(2)15(5)17(7)19(9)21(11)22(12)20(10)18(8)16(6)14(3)4;1-4-5(2)3/h2-3H,1H3;2-3H,1H3,(H2,10,11);;/q;;;-1. The Morgan fingerprint density at radius 3 is 1.42 bits per heavy atom. The molecule has 0 fully saturated rings. The van der Waals surface area contributed by atoms with Gasteiger partial charge in [0.25, 0.3) is 0 Å². The van der Waals surface area contributed by atoms with Gasteiger partial charge in [-0.3, -0.25) is 0 Å². The molecular formula is C16H12Br2FI27N3O3-. The fourth-order valence-corrected chi connectivity index (χ4v) is 3360. The van der Waals surface area contributed by atoms with Crippen LogP contribution in [0.15, 0.2) is 37.7 Å². The van der Waals surface area contributed by atoms with E-state index in [1.165, 1.54) is 13.2 Å². The Morgan fingerprint density at radius 2 is 1.08 bits per heavy atom. The van der Waals surface area contributed by atoms with Crippen LogP contribution in [0.1, 0.15) is 5.56 Å². The summed E-state index contributed by atoms with van der Waals surface area (Å²) in [6.45, 7) is 0. The summed E-state index contributed by atoms with van der Waals surface area (Å²) in [7, 11) is -1.47. The van der Waals surface area contributed by atoms with Gasteiger partial charge in [-0.2, -0.15) is 5.26 Å². The number of methoxy groups -OCH3 is 2. The zero-order valence-electron chi connectivity index (χ0n) is 23.3. The molecule has 320 valence electrons. The van der Waals surface area contributed by atoms with Crippen molar-refractivity contribution < 1.29 is 31.6 Å². The second-order valence-corrected chi connectivity index (χ2v) is 561. The van der Waals surface area contributed by atoms with E-state index in [1.807, 2.05) is 6.07 Å². The topological polar surface area (TPSA) is 94.3 Å². The van der Waals surface area contributed by atoms with E-state index in [0.29, 0.717) is 40.3 Å². The van der Waals surface area contributed by atoms with Gasteiger partial charge in [-0.05, 0) is 24.3 Å². The quantitative estimate of drug-likeness (QED) is 0.182. The molecule has 0 atom stereocenters. The first-order valence-electron chi connectivity index (χ1n) is 10.3. The van der Waals surface area contributed by atoms with Gasteiger partial charge in [-0.15, -0.1) is 0 Å². The number of hydrogen-bond donors (Lipinski definition) is 1. The zero-order valence-corrected chi connectivity index (χ0v) is 84.8. The summed E-state index contributed by atoms with van der Waals surface area (Å²) in [6.07, 6.45) is 0. The summed E-state index contributed by atoms with van der Waals surface area (Å²) >= 11 is 51.5. The summed E-state index contributed by atoms with van der Waals surface area (Å²) in [6, 6.07) is 8.10. The SMILES string of the molecule is COc1cc(Br)cc(F)c1C#N.COc1cc(Br)cc2onc(N)c12.II(I)I(I)I(I)I(I)I(I)I(I)I(I)I(I)I(I)I(I)I.I[I-]I(I)I. The number of nitrogen functional groups attached to an aromatic ring is 1. The summed E-state index contributed by atoms with van der Waals surface area (Å²) in [5.41, 5.74) is 6.15. The minimum absolute atomic E-state index is 0.0688. The third-order valence-electron chi connectivity index (χ3n) is 3.88. The first-order chi connectivity index (χ1) is 24.1. The van der Waals surface area contributed by atoms with Gasteiger partial charge in [0.15, 0.2) is 11.4 Å². The van der Waals surface area contributed by atoms with Crippen LogP contribution in [0.4, 0.5) is 10.2 Å². The molecule has 0 bridgehead atoms. The number of benzene rings is 2. The van der Waals surface area contributed by atoms with Crippen molar-refractivity contribution in [3.8, 4) is 17.6 Å². The number of anilines is 1. The Bertz CT molecular complexity index is 1510. The van der Waals surface area contributed by atoms with Gasteiger partial charge in [0.05, 0.1) is 14.2 Å². The Labute approximate surface area is 516 Å². The fourth-order valence-electron chi connectivity index (χ4n) is 2.25. The molecule has 0 saturated carbocycles. The second kappa shape index (κ2) is 40.7. The van der Waals surface area contributed by atoms with Crippen LogP contribution in [0, 0.1) is 17.1 Å². The Morgan fingerprint density at radius 1 is 0.712 bits per heavy atom. The van der Waals surface area contributed by atoms with E-state index < -0.39 is 84.8 Å². The number of aromatic nitrogens is 1. The summed E-state index contributed by atoms with van der Waals surface area (Å²) in [5.74, 6) is 0.663. The molecule has 0 unspecified atom stereocenters. The van der Waals surface area contributed by atoms with E-state index in [0.717, 1.165) is 4.47 Å². The van der Waals surface area contributed by atoms with E-state index in [1.54, 1.807) is 25.3 Å². The number of ether oxygens (including phenoxy) is 2. The van der Waals surface area contributed by atoms with Gasteiger partial charge in [-0.1, -0.05) is 37.0 Å². The zero-order chi connectivity index (χ0) is 40.6. The van der Waals surface area contributed by atoms with Crippen LogP contribution < -0.4 is 28.5 Å². The van der Waals surface area contributed by atoms with Crippen LogP contribution in [-0.4, -0.2) is 19.4 Å². The summed E-state index contributed by atoms with van der Waals surface area (Å²) in [5, 5.41) is 12.9. The van der Waals surface area contributed by atoms with Crippen molar-refractivity contribution in [1.82, 2.24) is 5.16 Å². The first-order valence-corrected chi connectivity index (χ1v) is 169. The summed E-state index contributed by atoms with van der Waals surface area (Å²) in [4.78, 5) is 0. The van der Waals surface area contributed by atoms with Crippen LogP contribution >= 0.6 is 398 Å². The van der Waals surface area contributed by atoms with E-state index in [2.05, 4.69) is 316 Å². The number of nitrogens with two attached hydrogens (primary N) is 1. The van der Waals surface area contributed by atoms with Crippen LogP contribution in [0.5, 0.6) is 11.5 Å². The van der Waals surface area contributed by atoms with Crippen molar-refractivity contribution in [2.75, 3.05) is 20.0 Å². The number of fused-ring (bicyclic) bond motifs is 1. The molecular weight excluding hydrogens is 3890 g/mol. The summed E-state index contributed by atoms with van der Waals surface area (Å²) < 4.78 is 29.3. The van der Waals surface area contributed by atoms with Crippen molar-refractivity contribution >= 4 is 415 Å². The first kappa shape index (κ1) is 69.4. The molecule has 0 aliphatic heterocycles. The van der Waals surface area contributed by atoms with Gasteiger partial charge >= 0.3 is 379 Å². The fraction of sp³-hybridized carbons (Fsp3) is 0.125. The van der Waals surface area contributed by atoms with Crippen LogP contribution in [0.25, 0.3) is 11.0 Å². The van der Waals surface area contributed by atoms with Crippen molar-refractivity contribution in [3.63, 3.8) is 0 Å². The second-order valence-electron chi connectivity index (χ2n) is 6.46. The predicted octanol–water partition coefficient (Wildman–Crippen LogP) is 24.7. The van der Waals surface area contributed by atoms with Gasteiger partial charge in [0.1, 0.15) is 34.3 Å². The third kappa shape index (κ3) is 28.3. The molecule has 2 aromatic carbocycles. The molecule has 1 heterocycles. The van der Waals surface area contributed by atoms with Crippen molar-refractivity contribution in [2.45, 2.75) is 0 Å². The Balaban J connectivity index is 0.000000736. The Kier molecular flexibility index (Phi) is 54.3. The molecule has 0 aliphatic rings. The molecule has 0 spiro atoms. The third-order valence-corrected chi connectivity index (χ3v) is 1570. The number of halogens is 30. The van der Waals surface area contributed by atoms with Crippen LogP contribution in [-0.2, 0) is 0 Å². The maximum absolute atomic E-state index is 13.0. The molecule has 0 amide bonds. The van der Waals surface area contributed by atoms with Gasteiger partial charge in [-0.25, -0.2) is 4.39 Å². The van der Waals surface area contributed by atoms with Gasteiger partial charge in [0, 0.05) is 8.95 Å². The molecule has 0 radical (unpaired) electrons. The molecule has 1 aromatic heterocycles. The van der Waals surface area contributed by atoms with Gasteiger partial charge in [0.2, 0.25) is 0 Å². The molecule has 2 N–H and O–H groups in total. The molecule has 6 nitrogen and oxygen atoms in total. The van der Waals surface area contributed by atoms with E-state index in [-0.39, 0.29) is 19.2 Å². The van der Waals surface area contributed by atoms with Crippen molar-refractivity contribution in [1.29, 1.82) is 5.26 Å². The number of nitriles is 1. The number of hydrogen-bond acceptors (Lipinski definition) is 6. The van der Waals surface area contributed by atoms with E-state index >= 15 is 0 Å². The van der Waals surface area contributed by atoms with Crippen LogP contribution in [0.2, 0.25) is 0 Å². The molecule has 3 aromatic rings. The van der Waals surface area contributed by atoms with E-state index in [4.69, 9.17) is 25.0 Å². The normalized spacial score (nSPS) is 13.6. The van der Waals surface area contributed by atoms with Crippen LogP contribution in [0.3, 0.4) is 0 Å². The predicted molar refractivity (Wildman–Crippen MR) is 463 cm³/mol. The minimum atomic E-state index is -0.580. The average molecular weight is 3900 g/mol.